The molecule has 1 fully saturated rings. The van der Waals surface area contributed by atoms with Gasteiger partial charge in [0.1, 0.15) is 0 Å². The lowest BCUT2D eigenvalue weighted by Crippen LogP contribution is -2.42. The third-order valence-corrected chi connectivity index (χ3v) is 3.80. The summed E-state index contributed by atoms with van der Waals surface area (Å²) in [7, 11) is 0. The van der Waals surface area contributed by atoms with Gasteiger partial charge in [0.15, 0.2) is 0 Å². The van der Waals surface area contributed by atoms with Gasteiger partial charge in [-0.1, -0.05) is 27.2 Å². The number of rotatable bonds is 3. The Labute approximate surface area is 70.4 Å². The van der Waals surface area contributed by atoms with E-state index < -0.39 is 0 Å². The molecule has 1 heteroatoms. The van der Waals surface area contributed by atoms with Crippen LogP contribution in [0.4, 0.5) is 0 Å². The van der Waals surface area contributed by atoms with Gasteiger partial charge >= 0.3 is 0 Å². The molecular weight excluding hydrogens is 134 g/mol. The summed E-state index contributed by atoms with van der Waals surface area (Å²) in [6, 6.07) is 0. The van der Waals surface area contributed by atoms with E-state index in [2.05, 4.69) is 20.8 Å². The normalized spacial score (nSPS) is 24.8. The highest BCUT2D eigenvalue weighted by atomic mass is 14.6. The zero-order valence-electron chi connectivity index (χ0n) is 8.06. The van der Waals surface area contributed by atoms with Crippen molar-refractivity contribution in [3.05, 3.63) is 0 Å². The molecule has 0 spiro atoms. The zero-order chi connectivity index (χ0) is 8.48. The van der Waals surface area contributed by atoms with Crippen LogP contribution in [-0.4, -0.2) is 6.54 Å². The fraction of sp³-hybridized carbons (Fsp3) is 1.00. The Hall–Kier alpha value is -0.0400. The van der Waals surface area contributed by atoms with Crippen LogP contribution in [0.2, 0.25) is 0 Å². The minimum atomic E-state index is 0.415. The van der Waals surface area contributed by atoms with Gasteiger partial charge in [0.05, 0.1) is 0 Å². The van der Waals surface area contributed by atoms with Crippen molar-refractivity contribution < 1.29 is 0 Å². The van der Waals surface area contributed by atoms with E-state index in [0.717, 1.165) is 18.4 Å². The summed E-state index contributed by atoms with van der Waals surface area (Å²) in [6.45, 7) is 7.80. The van der Waals surface area contributed by atoms with Gasteiger partial charge < -0.3 is 5.73 Å². The minimum absolute atomic E-state index is 0.415. The van der Waals surface area contributed by atoms with E-state index in [1.54, 1.807) is 0 Å². The summed E-state index contributed by atoms with van der Waals surface area (Å²) < 4.78 is 0. The van der Waals surface area contributed by atoms with Crippen LogP contribution in [0, 0.1) is 17.3 Å². The Morgan fingerprint density at radius 2 is 2.00 bits per heavy atom. The summed E-state index contributed by atoms with van der Waals surface area (Å²) in [5, 5.41) is 0. The van der Waals surface area contributed by atoms with Gasteiger partial charge in [-0.3, -0.25) is 0 Å². The fourth-order valence-corrected chi connectivity index (χ4v) is 1.94. The summed E-state index contributed by atoms with van der Waals surface area (Å²) in [6.07, 6.45) is 4.24. The lowest BCUT2D eigenvalue weighted by atomic mass is 9.61. The molecule has 0 heterocycles. The molecule has 0 amide bonds. The lowest BCUT2D eigenvalue weighted by molar-refractivity contribution is 0.0608. The summed E-state index contributed by atoms with van der Waals surface area (Å²) in [5.41, 5.74) is 6.23. The van der Waals surface area contributed by atoms with Gasteiger partial charge in [-0.15, -0.1) is 0 Å². The predicted octanol–water partition coefficient (Wildman–Crippen LogP) is 2.41. The van der Waals surface area contributed by atoms with E-state index in [0.29, 0.717) is 5.41 Å². The van der Waals surface area contributed by atoms with Crippen LogP contribution >= 0.6 is 0 Å². The van der Waals surface area contributed by atoms with Crippen molar-refractivity contribution in [2.45, 2.75) is 40.0 Å². The second kappa shape index (κ2) is 3.14. The van der Waals surface area contributed by atoms with Crippen LogP contribution in [0.15, 0.2) is 0 Å². The molecule has 1 saturated carbocycles. The molecule has 0 saturated heterocycles. The molecule has 0 aromatic heterocycles. The van der Waals surface area contributed by atoms with Crippen LogP contribution < -0.4 is 5.73 Å². The highest BCUT2D eigenvalue weighted by Gasteiger charge is 2.38. The van der Waals surface area contributed by atoms with Crippen molar-refractivity contribution in [3.63, 3.8) is 0 Å². The first-order valence-corrected chi connectivity index (χ1v) is 4.81. The largest absolute Gasteiger partial charge is 0.330 e. The molecule has 0 bridgehead atoms. The minimum Gasteiger partial charge on any atom is -0.330 e. The molecule has 1 aliphatic rings. The lowest BCUT2D eigenvalue weighted by Gasteiger charge is -2.45. The maximum absolute atomic E-state index is 5.82. The maximum Gasteiger partial charge on any atom is -0.00181 e. The molecule has 2 N–H and O–H groups in total. The van der Waals surface area contributed by atoms with Gasteiger partial charge in [-0.05, 0) is 36.6 Å². The first-order valence-electron chi connectivity index (χ1n) is 4.81. The standard InChI is InChI=1S/C10H21N/c1-8(2)10(3,7-11)9-5-4-6-9/h8-9H,4-7,11H2,1-3H3. The Morgan fingerprint density at radius 1 is 1.45 bits per heavy atom. The number of hydrogen-bond acceptors (Lipinski definition) is 1. The zero-order valence-corrected chi connectivity index (χ0v) is 8.06. The Kier molecular flexibility index (Phi) is 2.58. The van der Waals surface area contributed by atoms with Crippen LogP contribution in [-0.2, 0) is 0 Å². The summed E-state index contributed by atoms with van der Waals surface area (Å²) in [5.74, 6) is 1.64. The van der Waals surface area contributed by atoms with Gasteiger partial charge in [-0.2, -0.15) is 0 Å². The quantitative estimate of drug-likeness (QED) is 0.665. The highest BCUT2D eigenvalue weighted by Crippen LogP contribution is 2.45. The van der Waals surface area contributed by atoms with Gasteiger partial charge in [0.2, 0.25) is 0 Å². The topological polar surface area (TPSA) is 26.0 Å². The maximum atomic E-state index is 5.82. The van der Waals surface area contributed by atoms with Crippen LogP contribution in [0.5, 0.6) is 0 Å². The van der Waals surface area contributed by atoms with Gasteiger partial charge in [-0.25, -0.2) is 0 Å². The molecule has 1 unspecified atom stereocenters. The summed E-state index contributed by atoms with van der Waals surface area (Å²) >= 11 is 0. The fourth-order valence-electron chi connectivity index (χ4n) is 1.94. The van der Waals surface area contributed by atoms with E-state index in [9.17, 15) is 0 Å². The first-order chi connectivity index (χ1) is 5.11. The monoisotopic (exact) mass is 155 g/mol. The van der Waals surface area contributed by atoms with Gasteiger partial charge in [0, 0.05) is 0 Å². The van der Waals surface area contributed by atoms with E-state index >= 15 is 0 Å². The average molecular weight is 155 g/mol. The van der Waals surface area contributed by atoms with Crippen LogP contribution in [0.25, 0.3) is 0 Å². The molecule has 1 aliphatic carbocycles. The van der Waals surface area contributed by atoms with E-state index in [1.807, 2.05) is 0 Å². The predicted molar refractivity (Wildman–Crippen MR) is 49.3 cm³/mol. The molecule has 1 nitrogen and oxygen atoms in total. The van der Waals surface area contributed by atoms with Crippen molar-refractivity contribution in [1.29, 1.82) is 0 Å². The third-order valence-electron chi connectivity index (χ3n) is 3.80. The van der Waals surface area contributed by atoms with Crippen LogP contribution in [0.1, 0.15) is 40.0 Å². The van der Waals surface area contributed by atoms with Crippen molar-refractivity contribution in [1.82, 2.24) is 0 Å². The molecule has 11 heavy (non-hydrogen) atoms. The molecule has 1 atom stereocenters. The molecule has 1 rings (SSSR count). The third kappa shape index (κ3) is 1.44. The van der Waals surface area contributed by atoms with Crippen molar-refractivity contribution in [3.8, 4) is 0 Å². The SMILES string of the molecule is CC(C)C(C)(CN)C1CCC1. The molecule has 66 valence electrons. The molecule has 0 aromatic carbocycles. The summed E-state index contributed by atoms with van der Waals surface area (Å²) in [4.78, 5) is 0. The Bertz CT molecular complexity index is 127. The Morgan fingerprint density at radius 3 is 2.09 bits per heavy atom. The first kappa shape index (κ1) is 9.05. The average Bonchev–Trinajstić information content (AvgIpc) is 1.83. The second-order valence-corrected chi connectivity index (χ2v) is 4.49. The highest BCUT2D eigenvalue weighted by molar-refractivity contribution is 4.90. The van der Waals surface area contributed by atoms with Crippen molar-refractivity contribution >= 4 is 0 Å². The molecule has 0 radical (unpaired) electrons. The van der Waals surface area contributed by atoms with E-state index in [-0.39, 0.29) is 0 Å². The van der Waals surface area contributed by atoms with E-state index in [4.69, 9.17) is 5.73 Å². The van der Waals surface area contributed by atoms with E-state index in [1.165, 1.54) is 19.3 Å². The second-order valence-electron chi connectivity index (χ2n) is 4.49. The van der Waals surface area contributed by atoms with Crippen LogP contribution in [0.3, 0.4) is 0 Å². The molecule has 0 aromatic rings. The Balaban J connectivity index is 2.57. The smallest absolute Gasteiger partial charge is 0.00181 e. The number of nitrogens with two attached hydrogens (primary N) is 1. The molecular formula is C10H21N. The number of hydrogen-bond donors (Lipinski definition) is 1. The van der Waals surface area contributed by atoms with Crippen molar-refractivity contribution in [2.24, 2.45) is 23.0 Å². The van der Waals surface area contributed by atoms with Gasteiger partial charge in [0.25, 0.3) is 0 Å². The molecule has 0 aliphatic heterocycles. The van der Waals surface area contributed by atoms with Crippen molar-refractivity contribution in [2.75, 3.05) is 6.54 Å².